The Morgan fingerprint density at radius 2 is 2.35 bits per heavy atom. The van der Waals surface area contributed by atoms with Crippen molar-refractivity contribution in [3.05, 3.63) is 12.2 Å². The lowest BCUT2D eigenvalue weighted by Gasteiger charge is -2.12. The summed E-state index contributed by atoms with van der Waals surface area (Å²) >= 11 is 0. The number of amides is 1. The fourth-order valence-electron chi connectivity index (χ4n) is 1.58. The normalized spacial score (nSPS) is 12.4. The first-order valence-corrected chi connectivity index (χ1v) is 5.96. The molecule has 0 aliphatic rings. The summed E-state index contributed by atoms with van der Waals surface area (Å²) in [6.45, 7) is 4.93. The van der Waals surface area contributed by atoms with E-state index in [4.69, 9.17) is 0 Å². The third-order valence-electron chi connectivity index (χ3n) is 2.34. The summed E-state index contributed by atoms with van der Waals surface area (Å²) in [5.74, 6) is 0.712. The van der Waals surface area contributed by atoms with Crippen LogP contribution in [-0.2, 0) is 18.4 Å². The summed E-state index contributed by atoms with van der Waals surface area (Å²) in [6, 6.07) is 0.238. The van der Waals surface area contributed by atoms with Crippen LogP contribution >= 0.6 is 0 Å². The molecule has 1 rings (SSSR count). The molecular formula is C11H21N5O. The number of carbonyl (C=O) groups excluding carboxylic acids is 1. The van der Waals surface area contributed by atoms with Gasteiger partial charge >= 0.3 is 0 Å². The maximum atomic E-state index is 11.5. The van der Waals surface area contributed by atoms with Crippen molar-refractivity contribution in [1.82, 2.24) is 25.4 Å². The van der Waals surface area contributed by atoms with E-state index in [9.17, 15) is 4.79 Å². The van der Waals surface area contributed by atoms with E-state index < -0.39 is 0 Å². The number of aromatic nitrogens is 3. The molecule has 0 bridgehead atoms. The molecule has 17 heavy (non-hydrogen) atoms. The smallest absolute Gasteiger partial charge is 0.234 e. The Morgan fingerprint density at radius 1 is 1.59 bits per heavy atom. The zero-order valence-corrected chi connectivity index (χ0v) is 10.7. The SMILES string of the molecule is CCCC(C)NC(=O)CNCc1ncn(C)n1. The lowest BCUT2D eigenvalue weighted by molar-refractivity contribution is -0.120. The Hall–Kier alpha value is -1.43. The highest BCUT2D eigenvalue weighted by molar-refractivity contribution is 5.78. The number of hydrogen-bond donors (Lipinski definition) is 2. The standard InChI is InChI=1S/C11H21N5O/c1-4-5-9(2)14-11(17)7-12-6-10-13-8-16(3)15-10/h8-9,12H,4-7H2,1-3H3,(H,14,17). The lowest BCUT2D eigenvalue weighted by atomic mass is 10.2. The van der Waals surface area contributed by atoms with Gasteiger partial charge in [-0.3, -0.25) is 9.48 Å². The minimum atomic E-state index is 0.0156. The van der Waals surface area contributed by atoms with Crippen LogP contribution in [0.4, 0.5) is 0 Å². The first-order chi connectivity index (χ1) is 8.11. The van der Waals surface area contributed by atoms with Crippen LogP contribution < -0.4 is 10.6 Å². The average molecular weight is 239 g/mol. The number of rotatable bonds is 7. The molecule has 96 valence electrons. The molecule has 0 radical (unpaired) electrons. The maximum Gasteiger partial charge on any atom is 0.234 e. The number of carbonyl (C=O) groups is 1. The second-order valence-electron chi connectivity index (χ2n) is 4.20. The number of hydrogen-bond acceptors (Lipinski definition) is 4. The minimum Gasteiger partial charge on any atom is -0.353 e. The molecule has 0 fully saturated rings. The highest BCUT2D eigenvalue weighted by atomic mass is 16.1. The fraction of sp³-hybridized carbons (Fsp3) is 0.727. The summed E-state index contributed by atoms with van der Waals surface area (Å²) in [4.78, 5) is 15.6. The van der Waals surface area contributed by atoms with Crippen molar-refractivity contribution in [2.45, 2.75) is 39.3 Å². The molecule has 1 heterocycles. The number of aryl methyl sites for hydroxylation is 1. The summed E-state index contributed by atoms with van der Waals surface area (Å²) < 4.78 is 1.64. The van der Waals surface area contributed by atoms with E-state index in [0.29, 0.717) is 18.9 Å². The first kappa shape index (κ1) is 13.6. The largest absolute Gasteiger partial charge is 0.353 e. The highest BCUT2D eigenvalue weighted by Gasteiger charge is 2.06. The van der Waals surface area contributed by atoms with Crippen LogP contribution in [-0.4, -0.2) is 33.3 Å². The Labute approximate surface area is 102 Å². The summed E-state index contributed by atoms with van der Waals surface area (Å²) in [5, 5.41) is 10.0. The van der Waals surface area contributed by atoms with E-state index in [1.54, 1.807) is 11.0 Å². The van der Waals surface area contributed by atoms with Crippen molar-refractivity contribution in [2.24, 2.45) is 7.05 Å². The monoisotopic (exact) mass is 239 g/mol. The average Bonchev–Trinajstić information content (AvgIpc) is 2.64. The van der Waals surface area contributed by atoms with Gasteiger partial charge in [0.15, 0.2) is 5.82 Å². The molecule has 1 aromatic rings. The van der Waals surface area contributed by atoms with Gasteiger partial charge in [-0.05, 0) is 13.3 Å². The van der Waals surface area contributed by atoms with Gasteiger partial charge in [0, 0.05) is 13.1 Å². The van der Waals surface area contributed by atoms with Crippen molar-refractivity contribution < 1.29 is 4.79 Å². The molecule has 0 aliphatic heterocycles. The summed E-state index contributed by atoms with van der Waals surface area (Å²) in [5.41, 5.74) is 0. The van der Waals surface area contributed by atoms with Crippen molar-refractivity contribution in [3.63, 3.8) is 0 Å². The second kappa shape index (κ2) is 7.01. The van der Waals surface area contributed by atoms with E-state index in [-0.39, 0.29) is 11.9 Å². The highest BCUT2D eigenvalue weighted by Crippen LogP contribution is 1.94. The topological polar surface area (TPSA) is 71.8 Å². The molecule has 1 unspecified atom stereocenters. The van der Waals surface area contributed by atoms with Crippen LogP contribution in [0, 0.1) is 0 Å². The molecule has 6 nitrogen and oxygen atoms in total. The molecule has 1 aromatic heterocycles. The minimum absolute atomic E-state index is 0.0156. The van der Waals surface area contributed by atoms with E-state index in [1.807, 2.05) is 14.0 Å². The van der Waals surface area contributed by atoms with Crippen LogP contribution in [0.1, 0.15) is 32.5 Å². The molecule has 6 heteroatoms. The lowest BCUT2D eigenvalue weighted by Crippen LogP contribution is -2.38. The molecule has 0 aliphatic carbocycles. The molecular weight excluding hydrogens is 218 g/mol. The van der Waals surface area contributed by atoms with Crippen molar-refractivity contribution in [1.29, 1.82) is 0 Å². The second-order valence-corrected chi connectivity index (χ2v) is 4.20. The predicted octanol–water partition coefficient (Wildman–Crippen LogP) is 0.210. The number of nitrogens with one attached hydrogen (secondary N) is 2. The molecule has 1 amide bonds. The van der Waals surface area contributed by atoms with Gasteiger partial charge in [0.25, 0.3) is 0 Å². The zero-order chi connectivity index (χ0) is 12.7. The van der Waals surface area contributed by atoms with Gasteiger partial charge in [0.05, 0.1) is 13.1 Å². The predicted molar refractivity (Wildman–Crippen MR) is 65.2 cm³/mol. The van der Waals surface area contributed by atoms with Crippen molar-refractivity contribution in [3.8, 4) is 0 Å². The van der Waals surface area contributed by atoms with Crippen LogP contribution in [0.2, 0.25) is 0 Å². The quantitative estimate of drug-likeness (QED) is 0.713. The maximum absolute atomic E-state index is 11.5. The first-order valence-electron chi connectivity index (χ1n) is 5.96. The van der Waals surface area contributed by atoms with Crippen LogP contribution in [0.3, 0.4) is 0 Å². The fourth-order valence-corrected chi connectivity index (χ4v) is 1.58. The van der Waals surface area contributed by atoms with Gasteiger partial charge in [-0.25, -0.2) is 4.98 Å². The molecule has 0 spiro atoms. The van der Waals surface area contributed by atoms with Gasteiger partial charge in [-0.1, -0.05) is 13.3 Å². The zero-order valence-electron chi connectivity index (χ0n) is 10.7. The Balaban J connectivity index is 2.16. The Bertz CT molecular complexity index is 349. The van der Waals surface area contributed by atoms with Crippen LogP contribution in [0.25, 0.3) is 0 Å². The van der Waals surface area contributed by atoms with E-state index in [2.05, 4.69) is 27.6 Å². The van der Waals surface area contributed by atoms with Crippen molar-refractivity contribution >= 4 is 5.91 Å². The Kier molecular flexibility index (Phi) is 5.62. The molecule has 0 saturated heterocycles. The molecule has 0 aromatic carbocycles. The third kappa shape index (κ3) is 5.44. The third-order valence-corrected chi connectivity index (χ3v) is 2.34. The Morgan fingerprint density at radius 3 is 2.94 bits per heavy atom. The van der Waals surface area contributed by atoms with Crippen LogP contribution in [0.15, 0.2) is 6.33 Å². The van der Waals surface area contributed by atoms with E-state index in [0.717, 1.165) is 12.8 Å². The van der Waals surface area contributed by atoms with Gasteiger partial charge in [0.1, 0.15) is 6.33 Å². The number of nitrogens with zero attached hydrogens (tertiary/aromatic N) is 3. The van der Waals surface area contributed by atoms with Gasteiger partial charge in [0.2, 0.25) is 5.91 Å². The van der Waals surface area contributed by atoms with Gasteiger partial charge in [-0.2, -0.15) is 5.10 Å². The molecule has 2 N–H and O–H groups in total. The summed E-state index contributed by atoms with van der Waals surface area (Å²) in [6.07, 6.45) is 3.72. The van der Waals surface area contributed by atoms with Crippen molar-refractivity contribution in [2.75, 3.05) is 6.54 Å². The summed E-state index contributed by atoms with van der Waals surface area (Å²) in [7, 11) is 1.82. The van der Waals surface area contributed by atoms with Gasteiger partial charge in [-0.15, -0.1) is 0 Å². The van der Waals surface area contributed by atoms with Crippen LogP contribution in [0.5, 0.6) is 0 Å². The van der Waals surface area contributed by atoms with E-state index in [1.165, 1.54) is 0 Å². The van der Waals surface area contributed by atoms with E-state index >= 15 is 0 Å². The van der Waals surface area contributed by atoms with Gasteiger partial charge < -0.3 is 10.6 Å². The molecule has 0 saturated carbocycles. The molecule has 1 atom stereocenters.